The number of fused-ring (bicyclic) bond motifs is 1. The van der Waals surface area contributed by atoms with E-state index in [-0.39, 0.29) is 6.04 Å². The van der Waals surface area contributed by atoms with E-state index in [0.29, 0.717) is 16.4 Å². The van der Waals surface area contributed by atoms with Crippen molar-refractivity contribution in [3.05, 3.63) is 68.8 Å². The highest BCUT2D eigenvalue weighted by Gasteiger charge is 2.17. The number of hydrogen-bond acceptors (Lipinski definition) is 2. The van der Waals surface area contributed by atoms with Crippen molar-refractivity contribution in [1.29, 1.82) is 0 Å². The Hall–Kier alpha value is -1.29. The van der Waals surface area contributed by atoms with Crippen molar-refractivity contribution in [3.63, 3.8) is 0 Å². The summed E-state index contributed by atoms with van der Waals surface area (Å²) in [4.78, 5) is 0. The second-order valence-corrected chi connectivity index (χ2v) is 6.00. The third-order valence-electron chi connectivity index (χ3n) is 3.47. The lowest BCUT2D eigenvalue weighted by atomic mass is 10.00. The molecule has 2 nitrogen and oxygen atoms in total. The van der Waals surface area contributed by atoms with Crippen LogP contribution in [0.5, 0.6) is 0 Å². The molecule has 2 N–H and O–H groups in total. The third-order valence-corrected chi connectivity index (χ3v) is 4.62. The Morgan fingerprint density at radius 1 is 1.20 bits per heavy atom. The Labute approximate surface area is 130 Å². The maximum absolute atomic E-state index is 6.34. The average molecular weight is 351 g/mol. The molecule has 0 saturated carbocycles. The monoisotopic (exact) mass is 349 g/mol. The lowest BCUT2D eigenvalue weighted by Crippen LogP contribution is -2.12. The highest BCUT2D eigenvalue weighted by molar-refractivity contribution is 9.10. The van der Waals surface area contributed by atoms with E-state index in [1.165, 1.54) is 0 Å². The number of para-hydroxylation sites is 1. The van der Waals surface area contributed by atoms with Crippen molar-refractivity contribution in [3.8, 4) is 0 Å². The van der Waals surface area contributed by atoms with Gasteiger partial charge in [-0.1, -0.05) is 51.8 Å². The Bertz CT molecular complexity index is 781. The number of nitrogens with two attached hydrogens (primary N) is 1. The maximum atomic E-state index is 6.34. The maximum Gasteiger partial charge on any atom is 0.152 e. The molecule has 0 spiro atoms. The van der Waals surface area contributed by atoms with Crippen LogP contribution in [0.4, 0.5) is 0 Å². The second-order valence-electron chi connectivity index (χ2n) is 4.74. The van der Waals surface area contributed by atoms with Crippen molar-refractivity contribution < 1.29 is 4.42 Å². The average Bonchev–Trinajstić information content (AvgIpc) is 2.87. The lowest BCUT2D eigenvalue weighted by Gasteiger charge is -2.13. The number of halogens is 2. The van der Waals surface area contributed by atoms with Gasteiger partial charge in [0.25, 0.3) is 0 Å². The number of hydrogen-bond donors (Lipinski definition) is 1. The summed E-state index contributed by atoms with van der Waals surface area (Å²) >= 11 is 9.66. The Morgan fingerprint density at radius 2 is 1.95 bits per heavy atom. The van der Waals surface area contributed by atoms with Gasteiger partial charge in [0.15, 0.2) is 5.58 Å². The van der Waals surface area contributed by atoms with E-state index in [1.54, 1.807) is 0 Å². The zero-order valence-corrected chi connectivity index (χ0v) is 13.2. The molecule has 4 heteroatoms. The summed E-state index contributed by atoms with van der Waals surface area (Å²) in [5.74, 6) is 0.717. The van der Waals surface area contributed by atoms with Gasteiger partial charge in [-0.15, -0.1) is 0 Å². The summed E-state index contributed by atoms with van der Waals surface area (Å²) in [5.41, 5.74) is 9.18. The molecule has 3 aromatic rings. The summed E-state index contributed by atoms with van der Waals surface area (Å²) in [6.07, 6.45) is 0. The summed E-state index contributed by atoms with van der Waals surface area (Å²) in [5, 5.41) is 1.57. The first-order valence-corrected chi connectivity index (χ1v) is 7.43. The Balaban J connectivity index is 2.10. The SMILES string of the molecule is Cc1c(Br)cccc1C(N)c1cc2cccc(Cl)c2o1. The minimum atomic E-state index is -0.309. The fraction of sp³-hybridized carbons (Fsp3) is 0.125. The van der Waals surface area contributed by atoms with E-state index in [0.717, 1.165) is 21.0 Å². The molecular weight excluding hydrogens is 338 g/mol. The van der Waals surface area contributed by atoms with Crippen LogP contribution in [-0.2, 0) is 0 Å². The molecule has 0 aliphatic carbocycles. The molecule has 102 valence electrons. The molecule has 0 saturated heterocycles. The van der Waals surface area contributed by atoms with E-state index in [9.17, 15) is 0 Å². The van der Waals surface area contributed by atoms with Crippen LogP contribution < -0.4 is 5.73 Å². The van der Waals surface area contributed by atoms with Crippen LogP contribution in [0.1, 0.15) is 22.9 Å². The number of benzene rings is 2. The molecule has 2 aromatic carbocycles. The Kier molecular flexibility index (Phi) is 3.59. The van der Waals surface area contributed by atoms with Gasteiger partial charge in [-0.2, -0.15) is 0 Å². The van der Waals surface area contributed by atoms with Crippen molar-refractivity contribution in [2.24, 2.45) is 5.73 Å². The predicted molar refractivity (Wildman–Crippen MR) is 86.1 cm³/mol. The van der Waals surface area contributed by atoms with Crippen molar-refractivity contribution in [2.75, 3.05) is 0 Å². The molecule has 3 rings (SSSR count). The van der Waals surface area contributed by atoms with E-state index in [1.807, 2.05) is 49.4 Å². The highest BCUT2D eigenvalue weighted by atomic mass is 79.9. The third kappa shape index (κ3) is 2.26. The first-order valence-electron chi connectivity index (χ1n) is 6.26. The van der Waals surface area contributed by atoms with Crippen LogP contribution in [0, 0.1) is 6.92 Å². The molecule has 1 aromatic heterocycles. The zero-order chi connectivity index (χ0) is 14.3. The molecule has 0 radical (unpaired) electrons. The van der Waals surface area contributed by atoms with Crippen LogP contribution in [0.15, 0.2) is 51.4 Å². The molecular formula is C16H13BrClNO. The van der Waals surface area contributed by atoms with E-state index in [4.69, 9.17) is 21.8 Å². The van der Waals surface area contributed by atoms with Crippen LogP contribution >= 0.6 is 27.5 Å². The van der Waals surface area contributed by atoms with Crippen LogP contribution in [0.3, 0.4) is 0 Å². The fourth-order valence-electron chi connectivity index (χ4n) is 2.32. The van der Waals surface area contributed by atoms with Crippen LogP contribution in [-0.4, -0.2) is 0 Å². The molecule has 1 heterocycles. The van der Waals surface area contributed by atoms with Gasteiger partial charge in [0.2, 0.25) is 0 Å². The zero-order valence-electron chi connectivity index (χ0n) is 10.9. The standard InChI is InChI=1S/C16H13BrClNO/c1-9-11(5-3-6-12(9)17)15(19)14-8-10-4-2-7-13(18)16(10)20-14/h2-8,15H,19H2,1H3. The number of rotatable bonds is 2. The fourth-order valence-corrected chi connectivity index (χ4v) is 2.92. The molecule has 1 unspecified atom stereocenters. The first kappa shape index (κ1) is 13.7. The molecule has 0 bridgehead atoms. The normalized spacial score (nSPS) is 12.8. The highest BCUT2D eigenvalue weighted by Crippen LogP contribution is 2.33. The van der Waals surface area contributed by atoms with Gasteiger partial charge in [-0.25, -0.2) is 0 Å². The van der Waals surface area contributed by atoms with Crippen molar-refractivity contribution in [1.82, 2.24) is 0 Å². The summed E-state index contributed by atoms with van der Waals surface area (Å²) < 4.78 is 6.88. The van der Waals surface area contributed by atoms with Gasteiger partial charge in [0.1, 0.15) is 5.76 Å². The lowest BCUT2D eigenvalue weighted by molar-refractivity contribution is 0.524. The summed E-state index contributed by atoms with van der Waals surface area (Å²) in [6.45, 7) is 2.04. The van der Waals surface area contributed by atoms with Crippen LogP contribution in [0.2, 0.25) is 5.02 Å². The van der Waals surface area contributed by atoms with Crippen molar-refractivity contribution in [2.45, 2.75) is 13.0 Å². The number of furan rings is 1. The van der Waals surface area contributed by atoms with Gasteiger partial charge < -0.3 is 10.2 Å². The molecule has 0 aliphatic rings. The van der Waals surface area contributed by atoms with Gasteiger partial charge in [0.05, 0.1) is 11.1 Å². The molecule has 0 amide bonds. The molecule has 20 heavy (non-hydrogen) atoms. The van der Waals surface area contributed by atoms with E-state index >= 15 is 0 Å². The van der Waals surface area contributed by atoms with Crippen LogP contribution in [0.25, 0.3) is 11.0 Å². The van der Waals surface area contributed by atoms with Gasteiger partial charge in [0, 0.05) is 9.86 Å². The minimum Gasteiger partial charge on any atom is -0.457 e. The summed E-state index contributed by atoms with van der Waals surface area (Å²) in [7, 11) is 0. The van der Waals surface area contributed by atoms with Gasteiger partial charge in [-0.3, -0.25) is 0 Å². The quantitative estimate of drug-likeness (QED) is 0.689. The van der Waals surface area contributed by atoms with E-state index in [2.05, 4.69) is 15.9 Å². The minimum absolute atomic E-state index is 0.309. The Morgan fingerprint density at radius 3 is 2.70 bits per heavy atom. The molecule has 0 fully saturated rings. The van der Waals surface area contributed by atoms with E-state index < -0.39 is 0 Å². The largest absolute Gasteiger partial charge is 0.457 e. The predicted octanol–water partition coefficient (Wildman–Crippen LogP) is 5.21. The smallest absolute Gasteiger partial charge is 0.152 e. The summed E-state index contributed by atoms with van der Waals surface area (Å²) in [6, 6.07) is 13.3. The first-order chi connectivity index (χ1) is 9.58. The molecule has 1 atom stereocenters. The van der Waals surface area contributed by atoms with Crippen molar-refractivity contribution >= 4 is 38.5 Å². The van der Waals surface area contributed by atoms with Gasteiger partial charge in [-0.05, 0) is 36.2 Å². The molecule has 0 aliphatic heterocycles. The topological polar surface area (TPSA) is 39.2 Å². The second kappa shape index (κ2) is 5.24. The van der Waals surface area contributed by atoms with Gasteiger partial charge >= 0.3 is 0 Å².